The van der Waals surface area contributed by atoms with Gasteiger partial charge in [-0.1, -0.05) is 25.2 Å². The molecule has 118 valence electrons. The molecule has 0 N–H and O–H groups in total. The standard InChI is InChI=1S/C16H16N4OS2/c1-10(2)9-20(15(21)11-5-7-17-8-6-11)13-4-3-12-14(19-13)23-16(22)18-12/h3-8,10H,9H2,1-2H3,(H,18,22). The fourth-order valence-electron chi connectivity index (χ4n) is 2.24. The Labute approximate surface area is 143 Å². The first kappa shape index (κ1) is 15.9. The lowest BCUT2D eigenvalue weighted by atomic mass is 10.1. The van der Waals surface area contributed by atoms with E-state index >= 15 is 0 Å². The number of carbonyl (C=O) groups is 1. The van der Waals surface area contributed by atoms with Gasteiger partial charge in [-0.15, -0.1) is 12.6 Å². The van der Waals surface area contributed by atoms with E-state index in [1.54, 1.807) is 29.4 Å². The zero-order valence-corrected chi connectivity index (χ0v) is 14.5. The van der Waals surface area contributed by atoms with Crippen LogP contribution in [0.15, 0.2) is 41.0 Å². The Hall–Kier alpha value is -1.99. The Morgan fingerprint density at radius 1 is 1.22 bits per heavy atom. The number of carbonyl (C=O) groups excluding carboxylic acids is 1. The maximum absolute atomic E-state index is 12.9. The summed E-state index contributed by atoms with van der Waals surface area (Å²) in [5.41, 5.74) is 1.39. The number of nitrogens with zero attached hydrogens (tertiary/aromatic N) is 4. The van der Waals surface area contributed by atoms with Crippen molar-refractivity contribution in [1.29, 1.82) is 0 Å². The highest BCUT2D eigenvalue weighted by Gasteiger charge is 2.20. The molecule has 0 aliphatic heterocycles. The first-order valence-corrected chi connectivity index (χ1v) is 8.49. The number of pyridine rings is 2. The number of rotatable bonds is 4. The number of fused-ring (bicyclic) bond motifs is 1. The third-order valence-electron chi connectivity index (χ3n) is 3.23. The minimum atomic E-state index is -0.0800. The van der Waals surface area contributed by atoms with Crippen molar-refractivity contribution in [2.24, 2.45) is 5.92 Å². The quantitative estimate of drug-likeness (QED) is 0.734. The summed E-state index contributed by atoms with van der Waals surface area (Å²) < 4.78 is 0.667. The van der Waals surface area contributed by atoms with E-state index in [1.165, 1.54) is 11.3 Å². The van der Waals surface area contributed by atoms with Gasteiger partial charge in [-0.2, -0.15) is 0 Å². The van der Waals surface area contributed by atoms with Crippen LogP contribution in [0.25, 0.3) is 10.3 Å². The average Bonchev–Trinajstić information content (AvgIpc) is 2.91. The number of hydrogen-bond donors (Lipinski definition) is 1. The number of anilines is 1. The van der Waals surface area contributed by atoms with E-state index in [-0.39, 0.29) is 5.91 Å². The monoisotopic (exact) mass is 344 g/mol. The zero-order valence-electron chi connectivity index (χ0n) is 12.8. The van der Waals surface area contributed by atoms with Gasteiger partial charge in [-0.25, -0.2) is 9.97 Å². The van der Waals surface area contributed by atoms with Crippen molar-refractivity contribution < 1.29 is 4.79 Å². The molecule has 0 saturated heterocycles. The Bertz CT molecular complexity index is 832. The molecule has 23 heavy (non-hydrogen) atoms. The zero-order chi connectivity index (χ0) is 16.4. The molecule has 0 aromatic carbocycles. The van der Waals surface area contributed by atoms with Crippen LogP contribution in [0.4, 0.5) is 5.82 Å². The summed E-state index contributed by atoms with van der Waals surface area (Å²) in [5, 5.41) is 0. The van der Waals surface area contributed by atoms with Gasteiger partial charge in [0.1, 0.15) is 20.5 Å². The number of thiol groups is 1. The van der Waals surface area contributed by atoms with E-state index < -0.39 is 0 Å². The first-order valence-electron chi connectivity index (χ1n) is 7.23. The molecule has 3 rings (SSSR count). The minimum Gasteiger partial charge on any atom is -0.292 e. The van der Waals surface area contributed by atoms with Crippen molar-refractivity contribution >= 4 is 46.0 Å². The minimum absolute atomic E-state index is 0.0800. The van der Waals surface area contributed by atoms with E-state index in [0.29, 0.717) is 28.2 Å². The van der Waals surface area contributed by atoms with Crippen molar-refractivity contribution in [2.45, 2.75) is 18.2 Å². The van der Waals surface area contributed by atoms with Gasteiger partial charge in [0.05, 0.1) is 0 Å². The molecule has 0 spiro atoms. The molecule has 0 atom stereocenters. The van der Waals surface area contributed by atoms with Crippen LogP contribution in [0, 0.1) is 5.92 Å². The van der Waals surface area contributed by atoms with E-state index in [4.69, 9.17) is 0 Å². The smallest absolute Gasteiger partial charge is 0.259 e. The lowest BCUT2D eigenvalue weighted by molar-refractivity contribution is 0.0983. The molecule has 0 fully saturated rings. The van der Waals surface area contributed by atoms with Crippen molar-refractivity contribution in [3.8, 4) is 0 Å². The number of aromatic nitrogens is 3. The van der Waals surface area contributed by atoms with Gasteiger partial charge in [0.2, 0.25) is 0 Å². The second-order valence-corrected chi connectivity index (χ2v) is 7.24. The maximum Gasteiger partial charge on any atom is 0.259 e. The Morgan fingerprint density at radius 2 is 1.96 bits per heavy atom. The molecule has 0 aliphatic rings. The van der Waals surface area contributed by atoms with Crippen molar-refractivity contribution in [3.05, 3.63) is 42.2 Å². The highest BCUT2D eigenvalue weighted by Crippen LogP contribution is 2.26. The lowest BCUT2D eigenvalue weighted by Crippen LogP contribution is -2.34. The van der Waals surface area contributed by atoms with Crippen LogP contribution in [0.2, 0.25) is 0 Å². The largest absolute Gasteiger partial charge is 0.292 e. The summed E-state index contributed by atoms with van der Waals surface area (Å²) in [6.07, 6.45) is 3.24. The third kappa shape index (κ3) is 3.51. The molecule has 0 saturated carbocycles. The summed E-state index contributed by atoms with van der Waals surface area (Å²) in [5.74, 6) is 0.869. The third-order valence-corrected chi connectivity index (χ3v) is 4.37. The van der Waals surface area contributed by atoms with Crippen LogP contribution in [-0.4, -0.2) is 27.4 Å². The Morgan fingerprint density at radius 3 is 2.65 bits per heavy atom. The summed E-state index contributed by atoms with van der Waals surface area (Å²) in [6.45, 7) is 4.74. The van der Waals surface area contributed by atoms with Crippen LogP contribution < -0.4 is 4.90 Å². The fourth-order valence-corrected chi connectivity index (χ4v) is 3.28. The van der Waals surface area contributed by atoms with Crippen LogP contribution in [0.1, 0.15) is 24.2 Å². The van der Waals surface area contributed by atoms with E-state index in [9.17, 15) is 4.79 Å². The molecule has 3 aromatic heterocycles. The topological polar surface area (TPSA) is 59.0 Å². The lowest BCUT2D eigenvalue weighted by Gasteiger charge is -2.23. The molecule has 7 heteroatoms. The van der Waals surface area contributed by atoms with Gasteiger partial charge in [-0.05, 0) is 30.2 Å². The molecule has 0 radical (unpaired) electrons. The predicted molar refractivity (Wildman–Crippen MR) is 95.4 cm³/mol. The normalized spacial score (nSPS) is 11.1. The van der Waals surface area contributed by atoms with Gasteiger partial charge in [-0.3, -0.25) is 14.7 Å². The highest BCUT2D eigenvalue weighted by atomic mass is 32.2. The average molecular weight is 344 g/mol. The summed E-state index contributed by atoms with van der Waals surface area (Å²) in [4.78, 5) is 28.2. The van der Waals surface area contributed by atoms with Gasteiger partial charge < -0.3 is 0 Å². The number of thiazole rings is 1. The van der Waals surface area contributed by atoms with E-state index in [1.807, 2.05) is 12.1 Å². The van der Waals surface area contributed by atoms with Crippen molar-refractivity contribution in [2.75, 3.05) is 11.4 Å². The fraction of sp³-hybridized carbons (Fsp3) is 0.250. The van der Waals surface area contributed by atoms with Gasteiger partial charge >= 0.3 is 0 Å². The molecule has 0 bridgehead atoms. The number of hydrogen-bond acceptors (Lipinski definition) is 6. The molecule has 3 heterocycles. The van der Waals surface area contributed by atoms with Gasteiger partial charge in [0.15, 0.2) is 0 Å². The second-order valence-electron chi connectivity index (χ2n) is 5.54. The molecule has 0 aliphatic carbocycles. The van der Waals surface area contributed by atoms with Crippen LogP contribution in [0.3, 0.4) is 0 Å². The van der Waals surface area contributed by atoms with Crippen molar-refractivity contribution in [1.82, 2.24) is 15.0 Å². The van der Waals surface area contributed by atoms with Crippen LogP contribution >= 0.6 is 24.0 Å². The number of amides is 1. The molecule has 1 amide bonds. The van der Waals surface area contributed by atoms with Gasteiger partial charge in [0, 0.05) is 24.5 Å². The van der Waals surface area contributed by atoms with E-state index in [0.717, 1.165) is 10.3 Å². The van der Waals surface area contributed by atoms with Crippen molar-refractivity contribution in [3.63, 3.8) is 0 Å². The predicted octanol–water partition coefficient (Wildman–Crippen LogP) is 3.68. The SMILES string of the molecule is CC(C)CN(C(=O)c1ccncc1)c1ccc2nc(S)sc2n1. The first-order chi connectivity index (χ1) is 11.0. The van der Waals surface area contributed by atoms with Crippen LogP contribution in [-0.2, 0) is 0 Å². The molecular formula is C16H16N4OS2. The van der Waals surface area contributed by atoms with Crippen LogP contribution in [0.5, 0.6) is 0 Å². The van der Waals surface area contributed by atoms with Gasteiger partial charge in [0.25, 0.3) is 5.91 Å². The Balaban J connectivity index is 2.01. The molecular weight excluding hydrogens is 328 g/mol. The highest BCUT2D eigenvalue weighted by molar-refractivity contribution is 7.82. The second kappa shape index (κ2) is 6.64. The maximum atomic E-state index is 12.9. The Kier molecular flexibility index (Phi) is 4.58. The molecule has 5 nitrogen and oxygen atoms in total. The summed E-state index contributed by atoms with van der Waals surface area (Å²) in [7, 11) is 0. The van der Waals surface area contributed by atoms with E-state index in [2.05, 4.69) is 41.4 Å². The molecule has 3 aromatic rings. The molecule has 0 unspecified atom stereocenters. The summed E-state index contributed by atoms with van der Waals surface area (Å²) >= 11 is 5.67. The summed E-state index contributed by atoms with van der Waals surface area (Å²) in [6, 6.07) is 7.14.